The first-order valence-corrected chi connectivity index (χ1v) is 30.6. The van der Waals surface area contributed by atoms with Gasteiger partial charge in [-0.2, -0.15) is 0 Å². The average Bonchev–Trinajstić information content (AvgIpc) is 4.35. The SMILES string of the molecule is C1=CCC2C(=C1)N(c1ccccc1)c1ccc3sc4c(c3c12)CC(c1ccc(C2=CC3=C(CC2)SC2C=CC5C(C6CC=CC=C6N5c5ccccc5)C32)cc1C1=NC(C2=CCCCC2)=NC(C2C=CCCC2)N1)CC4. The summed E-state index contributed by atoms with van der Waals surface area (Å²) in [5, 5.41) is 6.13. The molecule has 0 amide bonds. The van der Waals surface area contributed by atoms with Gasteiger partial charge in [0, 0.05) is 78.1 Å². The lowest BCUT2D eigenvalue weighted by Crippen LogP contribution is -2.44. The van der Waals surface area contributed by atoms with E-state index in [1.54, 1.807) is 20.9 Å². The summed E-state index contributed by atoms with van der Waals surface area (Å²) in [7, 11) is 0. The van der Waals surface area contributed by atoms with Crippen molar-refractivity contribution in [2.75, 3.05) is 9.80 Å². The highest BCUT2D eigenvalue weighted by Gasteiger charge is 2.54. The van der Waals surface area contributed by atoms with Gasteiger partial charge in [-0.15, -0.1) is 23.1 Å². The monoisotopic (exact) mass is 1030 g/mol. The fraction of sp³-hybridized carbons (Fsp3) is 0.333. The number of hydrogen-bond donors (Lipinski definition) is 1. The van der Waals surface area contributed by atoms with E-state index in [9.17, 15) is 0 Å². The molecule has 5 heterocycles. The highest BCUT2D eigenvalue weighted by atomic mass is 32.2. The number of thiophene rings is 1. The van der Waals surface area contributed by atoms with Crippen LogP contribution >= 0.6 is 23.1 Å². The van der Waals surface area contributed by atoms with Gasteiger partial charge < -0.3 is 15.1 Å². The number of para-hydroxylation sites is 2. The first kappa shape index (κ1) is 45.8. The molecule has 0 radical (unpaired) electrons. The molecule has 1 aromatic heterocycles. The van der Waals surface area contributed by atoms with E-state index < -0.39 is 0 Å². The molecule has 7 aliphatic carbocycles. The predicted molar refractivity (Wildman–Crippen MR) is 320 cm³/mol. The summed E-state index contributed by atoms with van der Waals surface area (Å²) in [6, 6.07) is 35.1. The van der Waals surface area contributed by atoms with Crippen molar-refractivity contribution in [1.82, 2.24) is 5.32 Å². The van der Waals surface area contributed by atoms with Crippen molar-refractivity contribution in [3.8, 4) is 0 Å². The van der Waals surface area contributed by atoms with Crippen LogP contribution in [-0.4, -0.2) is 29.1 Å². The van der Waals surface area contributed by atoms with Crippen molar-refractivity contribution in [1.29, 1.82) is 0 Å². The fourth-order valence-electron chi connectivity index (χ4n) is 15.8. The smallest absolute Gasteiger partial charge is 0.154 e. The molecule has 1 saturated heterocycles. The zero-order chi connectivity index (χ0) is 49.8. The second kappa shape index (κ2) is 18.7. The molecule has 5 nitrogen and oxygen atoms in total. The van der Waals surface area contributed by atoms with Gasteiger partial charge in [0.2, 0.25) is 0 Å². The molecule has 76 heavy (non-hydrogen) atoms. The van der Waals surface area contributed by atoms with Gasteiger partial charge in [0.05, 0.1) is 11.7 Å². The Labute approximate surface area is 456 Å². The van der Waals surface area contributed by atoms with Crippen molar-refractivity contribution in [3.05, 3.63) is 224 Å². The van der Waals surface area contributed by atoms with Crippen molar-refractivity contribution >= 4 is 67.5 Å². The van der Waals surface area contributed by atoms with Gasteiger partial charge in [-0.1, -0.05) is 109 Å². The minimum atomic E-state index is -0.0316. The maximum absolute atomic E-state index is 5.68. The fourth-order valence-corrected chi connectivity index (χ4v) is 18.5. The zero-order valence-corrected chi connectivity index (χ0v) is 44.9. The lowest BCUT2D eigenvalue weighted by molar-refractivity contribution is 0.304. The number of rotatable bonds is 7. The Hall–Kier alpha value is -6.41. The van der Waals surface area contributed by atoms with Crippen molar-refractivity contribution in [2.45, 2.75) is 119 Å². The van der Waals surface area contributed by atoms with Gasteiger partial charge in [0.1, 0.15) is 12.0 Å². The normalized spacial score (nSPS) is 29.7. The Morgan fingerprint density at radius 3 is 2.45 bits per heavy atom. The van der Waals surface area contributed by atoms with E-state index in [0.717, 1.165) is 82.3 Å². The second-order valence-corrected chi connectivity index (χ2v) is 25.7. The molecule has 9 unspecified atom stereocenters. The highest BCUT2D eigenvalue weighted by Crippen LogP contribution is 2.61. The third kappa shape index (κ3) is 7.45. The number of nitrogens with one attached hydrogen (secondary N) is 1. The summed E-state index contributed by atoms with van der Waals surface area (Å²) < 4.78 is 1.45. The molecule has 4 aromatic carbocycles. The van der Waals surface area contributed by atoms with Crippen molar-refractivity contribution < 1.29 is 0 Å². The standard InChI is InChI=1S/C69H65N5S2/c1-5-17-42(18-6-1)67-70-68(43-19-7-2-8-20-43)72-69(71-67)52-39-44(45-30-35-59-53(40-45)65-61(75-59)37-33-57-63(65)50-25-13-15-27-55(50)73(57)47-21-9-3-10-22-47)29-32-49(52)46-31-36-60-54(41-46)66-62(76-60)38-34-58-64(66)51-26-14-16-28-56(51)74(58)48-23-11-4-12-24-48/h3-5,9-17,19,21-24,27-29,32-34,37-40,42,46,50-51,57,61,63,65,67H,1-2,6-8,18,20,25-26,30-31,35-36,41H2,(H,70,71,72). The molecule has 11 aliphatic rings. The molecule has 0 saturated carbocycles. The van der Waals surface area contributed by atoms with E-state index in [0.29, 0.717) is 46.8 Å². The van der Waals surface area contributed by atoms with Crippen molar-refractivity contribution in [3.63, 3.8) is 0 Å². The van der Waals surface area contributed by atoms with Crippen molar-refractivity contribution in [2.24, 2.45) is 33.7 Å². The number of anilines is 3. The number of benzene rings is 4. The van der Waals surface area contributed by atoms with Crippen LogP contribution in [0.25, 0.3) is 15.7 Å². The summed E-state index contributed by atoms with van der Waals surface area (Å²) in [6.07, 6.45) is 45.1. The van der Waals surface area contributed by atoms with Crippen LogP contribution < -0.4 is 15.1 Å². The van der Waals surface area contributed by atoms with Gasteiger partial charge in [-0.25, -0.2) is 9.98 Å². The zero-order valence-electron chi connectivity index (χ0n) is 43.3. The van der Waals surface area contributed by atoms with Crippen LogP contribution in [0.5, 0.6) is 0 Å². The van der Waals surface area contributed by atoms with Crippen LogP contribution in [0.4, 0.5) is 17.1 Å². The summed E-state index contributed by atoms with van der Waals surface area (Å²) in [5.41, 5.74) is 18.5. The number of fused-ring (bicyclic) bond motifs is 13. The van der Waals surface area contributed by atoms with E-state index in [2.05, 4.69) is 202 Å². The minimum Gasteiger partial charge on any atom is -0.347 e. The number of aliphatic imine (C=N–C) groups is 2. The Kier molecular flexibility index (Phi) is 11.2. The van der Waals surface area contributed by atoms with E-state index in [1.807, 2.05) is 0 Å². The first-order valence-electron chi connectivity index (χ1n) is 28.9. The molecular formula is C69H65N5S2. The lowest BCUT2D eigenvalue weighted by atomic mass is 9.68. The van der Waals surface area contributed by atoms with Gasteiger partial charge in [0.15, 0.2) is 5.84 Å². The third-order valence-corrected chi connectivity index (χ3v) is 21.9. The number of nitrogens with zero attached hydrogens (tertiary/aromatic N) is 4. The number of thioether (sulfide) groups is 1. The molecule has 1 fully saturated rings. The van der Waals surface area contributed by atoms with Gasteiger partial charge in [-0.3, -0.25) is 0 Å². The van der Waals surface area contributed by atoms with Crippen LogP contribution in [0.2, 0.25) is 0 Å². The van der Waals surface area contributed by atoms with E-state index in [-0.39, 0.29) is 6.17 Å². The predicted octanol–water partition coefficient (Wildman–Crippen LogP) is 16.9. The summed E-state index contributed by atoms with van der Waals surface area (Å²) in [5.74, 6) is 4.61. The number of amidine groups is 2. The molecule has 378 valence electrons. The number of allylic oxidation sites excluding steroid dienone is 14. The van der Waals surface area contributed by atoms with E-state index in [4.69, 9.17) is 9.98 Å². The van der Waals surface area contributed by atoms with Crippen LogP contribution in [0, 0.1) is 23.7 Å². The molecule has 0 bridgehead atoms. The van der Waals surface area contributed by atoms with Crippen LogP contribution in [0.15, 0.2) is 201 Å². The maximum atomic E-state index is 5.68. The summed E-state index contributed by atoms with van der Waals surface area (Å²) in [6.45, 7) is 0. The average molecular weight is 1030 g/mol. The quantitative estimate of drug-likeness (QED) is 0.165. The largest absolute Gasteiger partial charge is 0.347 e. The van der Waals surface area contributed by atoms with Crippen LogP contribution in [-0.2, 0) is 12.8 Å². The highest BCUT2D eigenvalue weighted by molar-refractivity contribution is 8.04. The summed E-state index contributed by atoms with van der Waals surface area (Å²) >= 11 is 4.24. The molecule has 9 atom stereocenters. The number of aryl methyl sites for hydroxylation is 1. The second-order valence-electron chi connectivity index (χ2n) is 23.3. The Balaban J connectivity index is 0.806. The summed E-state index contributed by atoms with van der Waals surface area (Å²) in [4.78, 5) is 19.7. The maximum Gasteiger partial charge on any atom is 0.154 e. The molecule has 0 spiro atoms. The van der Waals surface area contributed by atoms with Gasteiger partial charge in [-0.05, 0) is 194 Å². The molecule has 5 aromatic rings. The third-order valence-electron chi connectivity index (χ3n) is 19.2. The molecule has 16 rings (SSSR count). The Morgan fingerprint density at radius 1 is 0.724 bits per heavy atom. The molecule has 1 N–H and O–H groups in total. The number of hydrogen-bond acceptors (Lipinski definition) is 7. The van der Waals surface area contributed by atoms with Gasteiger partial charge >= 0.3 is 0 Å². The van der Waals surface area contributed by atoms with Gasteiger partial charge in [0.25, 0.3) is 0 Å². The first-order chi connectivity index (χ1) is 37.7. The van der Waals surface area contributed by atoms with Crippen LogP contribution in [0.1, 0.15) is 122 Å². The topological polar surface area (TPSA) is 43.2 Å². The Bertz CT molecular complexity index is 3580. The Morgan fingerprint density at radius 2 is 1.59 bits per heavy atom. The molecule has 7 heteroatoms. The lowest BCUT2D eigenvalue weighted by Gasteiger charge is -2.37. The van der Waals surface area contributed by atoms with Crippen LogP contribution in [0.3, 0.4) is 0 Å². The molecule has 4 aliphatic heterocycles. The molecular weight excluding hydrogens is 963 g/mol. The van der Waals surface area contributed by atoms with E-state index in [1.165, 1.54) is 91.2 Å². The minimum absolute atomic E-state index is 0.0316. The van der Waals surface area contributed by atoms with E-state index >= 15 is 0 Å².